The molecule has 0 atom stereocenters. The fourth-order valence-electron chi connectivity index (χ4n) is 1.74. The molecule has 0 radical (unpaired) electrons. The Labute approximate surface area is 124 Å². The van der Waals surface area contributed by atoms with Crippen LogP contribution in [0.25, 0.3) is 0 Å². The van der Waals surface area contributed by atoms with Crippen molar-refractivity contribution in [3.05, 3.63) is 52.3 Å². The number of benzene rings is 2. The van der Waals surface area contributed by atoms with Crippen LogP contribution < -0.4 is 11.1 Å². The lowest BCUT2D eigenvalue weighted by atomic mass is 10.1. The first kappa shape index (κ1) is 14.6. The van der Waals surface area contributed by atoms with Gasteiger partial charge >= 0.3 is 5.97 Å². The van der Waals surface area contributed by atoms with Gasteiger partial charge in [-0.15, -0.1) is 0 Å². The molecular formula is C14H9ClFN3O2. The van der Waals surface area contributed by atoms with Crippen LogP contribution in [0.1, 0.15) is 15.9 Å². The first-order chi connectivity index (χ1) is 9.92. The number of aromatic carboxylic acids is 1. The molecule has 0 unspecified atom stereocenters. The Hall–Kier alpha value is -2.78. The van der Waals surface area contributed by atoms with E-state index in [1.807, 2.05) is 0 Å². The molecule has 0 aliphatic rings. The molecule has 4 N–H and O–H groups in total. The summed E-state index contributed by atoms with van der Waals surface area (Å²) in [5.41, 5.74) is 5.73. The lowest BCUT2D eigenvalue weighted by Crippen LogP contribution is -2.05. The normalized spacial score (nSPS) is 9.95. The highest BCUT2D eigenvalue weighted by Crippen LogP contribution is 2.32. The van der Waals surface area contributed by atoms with Crippen molar-refractivity contribution in [3.63, 3.8) is 0 Å². The Morgan fingerprint density at radius 3 is 2.67 bits per heavy atom. The molecule has 0 aliphatic carbocycles. The molecule has 0 aromatic heterocycles. The number of nitriles is 1. The molecule has 0 amide bonds. The fourth-order valence-corrected chi connectivity index (χ4v) is 2.02. The third kappa shape index (κ3) is 3.04. The van der Waals surface area contributed by atoms with Crippen LogP contribution in [0, 0.1) is 17.1 Å². The van der Waals surface area contributed by atoms with Crippen molar-refractivity contribution in [1.29, 1.82) is 5.26 Å². The summed E-state index contributed by atoms with van der Waals surface area (Å²) in [6.45, 7) is 0. The second-order valence-electron chi connectivity index (χ2n) is 4.16. The van der Waals surface area contributed by atoms with Gasteiger partial charge in [0.25, 0.3) is 0 Å². The van der Waals surface area contributed by atoms with Crippen molar-refractivity contribution in [2.24, 2.45) is 0 Å². The molecule has 21 heavy (non-hydrogen) atoms. The van der Waals surface area contributed by atoms with Gasteiger partial charge in [-0.3, -0.25) is 0 Å². The van der Waals surface area contributed by atoms with E-state index in [4.69, 9.17) is 27.7 Å². The van der Waals surface area contributed by atoms with E-state index in [9.17, 15) is 9.18 Å². The van der Waals surface area contributed by atoms with Crippen molar-refractivity contribution < 1.29 is 14.3 Å². The Balaban J connectivity index is 2.49. The fraction of sp³-hybridized carbons (Fsp3) is 0. The van der Waals surface area contributed by atoms with Crippen molar-refractivity contribution in [1.82, 2.24) is 0 Å². The zero-order valence-corrected chi connectivity index (χ0v) is 11.3. The monoisotopic (exact) mass is 305 g/mol. The standard InChI is InChI=1S/C14H9ClFN3O2/c15-10-5-8(18)4-9(14(20)21)13(10)19-12-2-1-7(6-17)3-11(12)16/h1-5,19H,18H2,(H,20,21). The van der Waals surface area contributed by atoms with Gasteiger partial charge in [0.05, 0.1) is 33.6 Å². The Bertz CT molecular complexity index is 772. The molecule has 2 rings (SSSR count). The van der Waals surface area contributed by atoms with E-state index >= 15 is 0 Å². The smallest absolute Gasteiger partial charge is 0.337 e. The zero-order chi connectivity index (χ0) is 15.6. The van der Waals surface area contributed by atoms with Crippen molar-refractivity contribution in [2.45, 2.75) is 0 Å². The summed E-state index contributed by atoms with van der Waals surface area (Å²) in [7, 11) is 0. The van der Waals surface area contributed by atoms with E-state index in [2.05, 4.69) is 5.32 Å². The van der Waals surface area contributed by atoms with Gasteiger partial charge in [-0.05, 0) is 30.3 Å². The maximum Gasteiger partial charge on any atom is 0.337 e. The van der Waals surface area contributed by atoms with Crippen LogP contribution >= 0.6 is 11.6 Å². The summed E-state index contributed by atoms with van der Waals surface area (Å²) in [6.07, 6.45) is 0. The molecule has 2 aromatic rings. The van der Waals surface area contributed by atoms with Gasteiger partial charge < -0.3 is 16.2 Å². The molecule has 5 nitrogen and oxygen atoms in total. The van der Waals surface area contributed by atoms with Crippen LogP contribution in [0.2, 0.25) is 5.02 Å². The molecular weight excluding hydrogens is 297 g/mol. The third-order valence-corrected chi connectivity index (χ3v) is 3.00. The summed E-state index contributed by atoms with van der Waals surface area (Å²) >= 11 is 5.96. The Morgan fingerprint density at radius 2 is 2.10 bits per heavy atom. The van der Waals surface area contributed by atoms with Crippen molar-refractivity contribution >= 4 is 34.6 Å². The van der Waals surface area contributed by atoms with Gasteiger partial charge in [-0.2, -0.15) is 5.26 Å². The summed E-state index contributed by atoms with van der Waals surface area (Å²) in [6, 6.07) is 8.14. The molecule has 0 fully saturated rings. The van der Waals surface area contributed by atoms with Crippen LogP contribution in [0.4, 0.5) is 21.5 Å². The maximum absolute atomic E-state index is 13.8. The molecule has 0 saturated heterocycles. The SMILES string of the molecule is N#Cc1ccc(Nc2c(Cl)cc(N)cc2C(=O)O)c(F)c1. The number of hydrogen-bond acceptors (Lipinski definition) is 4. The second-order valence-corrected chi connectivity index (χ2v) is 4.57. The number of carboxylic acids is 1. The third-order valence-electron chi connectivity index (χ3n) is 2.70. The number of rotatable bonds is 3. The van der Waals surface area contributed by atoms with E-state index in [0.717, 1.165) is 6.07 Å². The number of hydrogen-bond donors (Lipinski definition) is 3. The maximum atomic E-state index is 13.8. The van der Waals surface area contributed by atoms with E-state index in [0.29, 0.717) is 0 Å². The van der Waals surface area contributed by atoms with Gasteiger partial charge in [0.2, 0.25) is 0 Å². The second kappa shape index (κ2) is 5.69. The minimum Gasteiger partial charge on any atom is -0.478 e. The average molecular weight is 306 g/mol. The highest BCUT2D eigenvalue weighted by Gasteiger charge is 2.16. The first-order valence-corrected chi connectivity index (χ1v) is 6.09. The minimum atomic E-state index is -1.25. The molecule has 2 aromatic carbocycles. The van der Waals surface area contributed by atoms with Crippen LogP contribution in [0.15, 0.2) is 30.3 Å². The summed E-state index contributed by atoms with van der Waals surface area (Å²) in [5, 5.41) is 20.5. The number of nitrogens with zero attached hydrogens (tertiary/aromatic N) is 1. The van der Waals surface area contributed by atoms with Crippen LogP contribution in [-0.2, 0) is 0 Å². The minimum absolute atomic E-state index is 0.00294. The summed E-state index contributed by atoms with van der Waals surface area (Å²) in [4.78, 5) is 11.2. The molecule has 7 heteroatoms. The van der Waals surface area contributed by atoms with E-state index in [1.165, 1.54) is 24.3 Å². The summed E-state index contributed by atoms with van der Waals surface area (Å²) < 4.78 is 13.8. The topological polar surface area (TPSA) is 99.1 Å². The van der Waals surface area contributed by atoms with E-state index in [-0.39, 0.29) is 33.2 Å². The lowest BCUT2D eigenvalue weighted by molar-refractivity contribution is 0.0698. The van der Waals surface area contributed by atoms with Crippen molar-refractivity contribution in [3.8, 4) is 6.07 Å². The Kier molecular flexibility index (Phi) is 3.96. The number of nitrogens with two attached hydrogens (primary N) is 1. The number of carbonyl (C=O) groups is 1. The number of nitrogens with one attached hydrogen (secondary N) is 1. The molecule has 0 aliphatic heterocycles. The molecule has 0 saturated carbocycles. The van der Waals surface area contributed by atoms with Crippen LogP contribution in [0.5, 0.6) is 0 Å². The van der Waals surface area contributed by atoms with E-state index in [1.54, 1.807) is 6.07 Å². The van der Waals surface area contributed by atoms with Crippen molar-refractivity contribution in [2.75, 3.05) is 11.1 Å². The molecule has 106 valence electrons. The number of carboxylic acid groups (broad SMARTS) is 1. The van der Waals surface area contributed by atoms with Gasteiger partial charge in [0.15, 0.2) is 0 Å². The predicted molar refractivity (Wildman–Crippen MR) is 77.2 cm³/mol. The highest BCUT2D eigenvalue weighted by atomic mass is 35.5. The number of anilines is 3. The highest BCUT2D eigenvalue weighted by molar-refractivity contribution is 6.34. The summed E-state index contributed by atoms with van der Waals surface area (Å²) in [5.74, 6) is -1.95. The van der Waals surface area contributed by atoms with E-state index < -0.39 is 11.8 Å². The number of halogens is 2. The van der Waals surface area contributed by atoms with Gasteiger partial charge in [0.1, 0.15) is 5.82 Å². The molecule has 0 bridgehead atoms. The lowest BCUT2D eigenvalue weighted by Gasteiger charge is -2.13. The molecule has 0 spiro atoms. The predicted octanol–water partition coefficient (Wildman–Crippen LogP) is 3.37. The quantitative estimate of drug-likeness (QED) is 0.755. The number of nitrogen functional groups attached to an aromatic ring is 1. The van der Waals surface area contributed by atoms with Gasteiger partial charge in [-0.25, -0.2) is 9.18 Å². The van der Waals surface area contributed by atoms with Gasteiger partial charge in [-0.1, -0.05) is 11.6 Å². The Morgan fingerprint density at radius 1 is 1.38 bits per heavy atom. The zero-order valence-electron chi connectivity index (χ0n) is 10.5. The van der Waals surface area contributed by atoms with Crippen LogP contribution in [0.3, 0.4) is 0 Å². The van der Waals surface area contributed by atoms with Gasteiger partial charge in [0, 0.05) is 5.69 Å². The molecule has 0 heterocycles. The van der Waals surface area contributed by atoms with Crippen LogP contribution in [-0.4, -0.2) is 11.1 Å². The first-order valence-electron chi connectivity index (χ1n) is 5.71. The largest absolute Gasteiger partial charge is 0.478 e. The average Bonchev–Trinajstić information content (AvgIpc) is 2.42.